The van der Waals surface area contributed by atoms with Crippen LogP contribution in [0.2, 0.25) is 0 Å². The molecule has 0 saturated heterocycles. The second kappa shape index (κ2) is 7.28. The topological polar surface area (TPSA) is 60.8 Å². The molecule has 0 aromatic heterocycles. The van der Waals surface area contributed by atoms with Gasteiger partial charge in [0.25, 0.3) is 0 Å². The molecule has 1 aliphatic rings. The second-order valence-electron chi connectivity index (χ2n) is 5.90. The van der Waals surface area contributed by atoms with Crippen molar-refractivity contribution in [2.45, 2.75) is 42.1 Å². The van der Waals surface area contributed by atoms with Crippen LogP contribution in [-0.4, -0.2) is 22.7 Å². The minimum atomic E-state index is -1.48. The van der Waals surface area contributed by atoms with E-state index in [1.54, 1.807) is 23.9 Å². The predicted octanol–water partition coefficient (Wildman–Crippen LogP) is 4.60. The summed E-state index contributed by atoms with van der Waals surface area (Å²) in [4.78, 5) is 15.5. The molecule has 0 radical (unpaired) electrons. The molecule has 1 aliphatic heterocycles. The summed E-state index contributed by atoms with van der Waals surface area (Å²) in [6.07, 6.45) is 1.97. The van der Waals surface area contributed by atoms with Crippen molar-refractivity contribution in [1.29, 1.82) is 0 Å². The van der Waals surface area contributed by atoms with Crippen LogP contribution in [0.5, 0.6) is 0 Å². The van der Waals surface area contributed by atoms with Crippen LogP contribution >= 0.6 is 11.8 Å². The van der Waals surface area contributed by atoms with Crippen molar-refractivity contribution < 1.29 is 15.0 Å². The molecule has 24 heavy (non-hydrogen) atoms. The van der Waals surface area contributed by atoms with Crippen molar-refractivity contribution in [2.75, 3.05) is 11.4 Å². The molecule has 1 heterocycles. The molecule has 1 atom stereocenters. The van der Waals surface area contributed by atoms with Crippen molar-refractivity contribution in [2.24, 2.45) is 0 Å². The lowest BCUT2D eigenvalue weighted by Gasteiger charge is -2.33. The maximum absolute atomic E-state index is 11.0. The van der Waals surface area contributed by atoms with Gasteiger partial charge in [-0.05, 0) is 36.2 Å². The number of rotatable bonds is 6. The molecular weight excluding hydrogens is 322 g/mol. The predicted molar refractivity (Wildman–Crippen MR) is 96.1 cm³/mol. The third-order valence-electron chi connectivity index (χ3n) is 4.19. The summed E-state index contributed by atoms with van der Waals surface area (Å²) in [5.74, 6) is -1.23. The van der Waals surface area contributed by atoms with E-state index in [1.165, 1.54) is 18.5 Å². The van der Waals surface area contributed by atoms with Gasteiger partial charge in [-0.3, -0.25) is 0 Å². The number of aliphatic carboxylic acids is 1. The Morgan fingerprint density at radius 2 is 1.88 bits per heavy atom. The van der Waals surface area contributed by atoms with Crippen molar-refractivity contribution in [1.82, 2.24) is 0 Å². The van der Waals surface area contributed by atoms with E-state index < -0.39 is 12.1 Å². The number of carbonyl (C=O) groups is 1. The van der Waals surface area contributed by atoms with Gasteiger partial charge in [-0.2, -0.15) is 0 Å². The average molecular weight is 343 g/mol. The summed E-state index contributed by atoms with van der Waals surface area (Å²) in [7, 11) is 0. The second-order valence-corrected chi connectivity index (χ2v) is 6.98. The van der Waals surface area contributed by atoms with Gasteiger partial charge in [-0.15, -0.1) is 0 Å². The molecule has 2 N–H and O–H groups in total. The van der Waals surface area contributed by atoms with Gasteiger partial charge >= 0.3 is 5.97 Å². The fraction of sp³-hybridized carbons (Fsp3) is 0.316. The van der Waals surface area contributed by atoms with Gasteiger partial charge in [-0.25, -0.2) is 4.79 Å². The fourth-order valence-electron chi connectivity index (χ4n) is 2.92. The lowest BCUT2D eigenvalue weighted by molar-refractivity contribution is -0.146. The Morgan fingerprint density at radius 3 is 2.62 bits per heavy atom. The number of hydrogen-bond acceptors (Lipinski definition) is 4. The number of aliphatic hydroxyl groups is 1. The first-order chi connectivity index (χ1) is 11.6. The summed E-state index contributed by atoms with van der Waals surface area (Å²) in [5, 5.41) is 18.8. The number of hydrogen-bond donors (Lipinski definition) is 2. The Bertz CT molecular complexity index is 747. The Morgan fingerprint density at radius 1 is 1.12 bits per heavy atom. The van der Waals surface area contributed by atoms with Crippen LogP contribution < -0.4 is 4.90 Å². The molecule has 5 heteroatoms. The van der Waals surface area contributed by atoms with Crippen LogP contribution in [0.25, 0.3) is 0 Å². The molecule has 0 amide bonds. The molecule has 126 valence electrons. The maximum atomic E-state index is 11.0. The lowest BCUT2D eigenvalue weighted by atomic mass is 10.1. The number of fused-ring (bicyclic) bond motifs is 2. The van der Waals surface area contributed by atoms with Crippen LogP contribution in [0, 0.1) is 0 Å². The van der Waals surface area contributed by atoms with Gasteiger partial charge in [0, 0.05) is 16.3 Å². The van der Waals surface area contributed by atoms with Gasteiger partial charge in [0.1, 0.15) is 0 Å². The smallest absolute Gasteiger partial charge is 0.337 e. The number of benzene rings is 2. The zero-order valence-electron chi connectivity index (χ0n) is 13.6. The summed E-state index contributed by atoms with van der Waals surface area (Å²) in [6, 6.07) is 13.7. The minimum absolute atomic E-state index is 0.418. The number of anilines is 2. The third-order valence-corrected chi connectivity index (χ3v) is 5.30. The molecule has 4 nitrogen and oxygen atoms in total. The number of para-hydroxylation sites is 1. The molecule has 0 bridgehead atoms. The van der Waals surface area contributed by atoms with Crippen LogP contribution in [0.4, 0.5) is 11.4 Å². The highest BCUT2D eigenvalue weighted by atomic mass is 32.2. The molecule has 3 rings (SSSR count). The summed E-state index contributed by atoms with van der Waals surface area (Å²) >= 11 is 1.62. The Labute approximate surface area is 146 Å². The first-order valence-electron chi connectivity index (χ1n) is 8.21. The fourth-order valence-corrected chi connectivity index (χ4v) is 4.07. The zero-order chi connectivity index (χ0) is 17.1. The molecular formula is C19H21NO3S. The molecule has 0 saturated carbocycles. The van der Waals surface area contributed by atoms with E-state index in [9.17, 15) is 9.90 Å². The summed E-state index contributed by atoms with van der Waals surface area (Å²) in [5.41, 5.74) is 2.69. The third kappa shape index (κ3) is 3.28. The summed E-state index contributed by atoms with van der Waals surface area (Å²) in [6.45, 7) is 3.12. The first-order valence-corrected chi connectivity index (χ1v) is 9.02. The monoisotopic (exact) mass is 343 g/mol. The lowest BCUT2D eigenvalue weighted by Crippen LogP contribution is -2.22. The van der Waals surface area contributed by atoms with Gasteiger partial charge in [0.2, 0.25) is 0 Å². The highest BCUT2D eigenvalue weighted by Gasteiger charge is 2.25. The molecule has 0 spiro atoms. The van der Waals surface area contributed by atoms with E-state index in [1.807, 2.05) is 18.2 Å². The van der Waals surface area contributed by atoms with Gasteiger partial charge in [0.15, 0.2) is 6.10 Å². The number of carboxylic acid groups (broad SMARTS) is 1. The number of carboxylic acids is 1. The SMILES string of the molecule is CCCCCN1c2ccccc2Sc2cc([C@@H](O)C(=O)O)ccc21. The van der Waals surface area contributed by atoms with E-state index in [2.05, 4.69) is 24.0 Å². The normalized spacial score (nSPS) is 14.0. The zero-order valence-corrected chi connectivity index (χ0v) is 14.4. The number of aliphatic hydroxyl groups excluding tert-OH is 1. The highest BCUT2D eigenvalue weighted by Crippen LogP contribution is 2.48. The van der Waals surface area contributed by atoms with E-state index in [-0.39, 0.29) is 0 Å². The number of unbranched alkanes of at least 4 members (excludes halogenated alkanes) is 2. The van der Waals surface area contributed by atoms with E-state index in [0.717, 1.165) is 28.4 Å². The molecule has 0 unspecified atom stereocenters. The van der Waals surface area contributed by atoms with Gasteiger partial charge in [0.05, 0.1) is 11.4 Å². The van der Waals surface area contributed by atoms with Crippen molar-refractivity contribution in [3.05, 3.63) is 48.0 Å². The Hall–Kier alpha value is -1.98. The highest BCUT2D eigenvalue weighted by molar-refractivity contribution is 7.99. The van der Waals surface area contributed by atoms with Crippen LogP contribution in [0.3, 0.4) is 0 Å². The first kappa shape index (κ1) is 16.9. The summed E-state index contributed by atoms with van der Waals surface area (Å²) < 4.78 is 0. The van der Waals surface area contributed by atoms with Crippen molar-refractivity contribution in [3.8, 4) is 0 Å². The van der Waals surface area contributed by atoms with E-state index in [0.29, 0.717) is 5.56 Å². The van der Waals surface area contributed by atoms with E-state index >= 15 is 0 Å². The van der Waals surface area contributed by atoms with Crippen LogP contribution in [0.15, 0.2) is 52.3 Å². The van der Waals surface area contributed by atoms with E-state index in [4.69, 9.17) is 5.11 Å². The van der Waals surface area contributed by atoms with Gasteiger partial charge in [-0.1, -0.05) is 49.7 Å². The maximum Gasteiger partial charge on any atom is 0.337 e. The van der Waals surface area contributed by atoms with Crippen molar-refractivity contribution in [3.63, 3.8) is 0 Å². The minimum Gasteiger partial charge on any atom is -0.479 e. The largest absolute Gasteiger partial charge is 0.479 e. The quantitative estimate of drug-likeness (QED) is 0.751. The Kier molecular flexibility index (Phi) is 5.11. The van der Waals surface area contributed by atoms with Crippen LogP contribution in [-0.2, 0) is 4.79 Å². The standard InChI is InChI=1S/C19H21NO3S/c1-2-3-6-11-20-14-7-4-5-8-16(14)24-17-12-13(9-10-15(17)20)18(21)19(22)23/h4-5,7-10,12,18,21H,2-3,6,11H2,1H3,(H,22,23)/t18-/m1/s1. The average Bonchev–Trinajstić information content (AvgIpc) is 2.60. The van der Waals surface area contributed by atoms with Crippen molar-refractivity contribution >= 4 is 29.1 Å². The molecule has 2 aromatic carbocycles. The molecule has 0 fully saturated rings. The molecule has 0 aliphatic carbocycles. The van der Waals surface area contributed by atoms with Crippen LogP contribution in [0.1, 0.15) is 37.9 Å². The Balaban J connectivity index is 1.98. The van der Waals surface area contributed by atoms with Gasteiger partial charge < -0.3 is 15.1 Å². The molecule has 2 aromatic rings. The number of nitrogens with zero attached hydrogens (tertiary/aromatic N) is 1.